The van der Waals surface area contributed by atoms with Gasteiger partial charge in [-0.1, -0.05) is 13.8 Å². The highest BCUT2D eigenvalue weighted by molar-refractivity contribution is 4.82. The second kappa shape index (κ2) is 9.89. The molecular formula is C23H45N3. The Hall–Kier alpha value is -0.120. The molecule has 0 aromatic heterocycles. The Kier molecular flexibility index (Phi) is 7.84. The third-order valence-electron chi connectivity index (χ3n) is 7.69. The number of rotatable bonds is 6. The summed E-state index contributed by atoms with van der Waals surface area (Å²) >= 11 is 0. The number of piperidine rings is 3. The van der Waals surface area contributed by atoms with E-state index in [1.165, 1.54) is 90.9 Å². The average molecular weight is 364 g/mol. The molecule has 3 saturated heterocycles. The highest BCUT2D eigenvalue weighted by Crippen LogP contribution is 2.27. The molecule has 0 radical (unpaired) electrons. The van der Waals surface area contributed by atoms with Crippen LogP contribution in [0.25, 0.3) is 0 Å². The summed E-state index contributed by atoms with van der Waals surface area (Å²) in [5.74, 6) is 3.78. The largest absolute Gasteiger partial charge is 0.303 e. The first-order valence-electron chi connectivity index (χ1n) is 11.7. The van der Waals surface area contributed by atoms with Crippen LogP contribution in [0, 0.1) is 23.7 Å². The molecule has 0 N–H and O–H groups in total. The first-order chi connectivity index (χ1) is 12.5. The Balaban J connectivity index is 1.30. The second-order valence-corrected chi connectivity index (χ2v) is 10.2. The zero-order valence-corrected chi connectivity index (χ0v) is 18.1. The summed E-state index contributed by atoms with van der Waals surface area (Å²) in [6.45, 7) is 20.3. The van der Waals surface area contributed by atoms with Gasteiger partial charge in [0.25, 0.3) is 0 Å². The van der Waals surface area contributed by atoms with Crippen molar-refractivity contribution in [2.45, 2.75) is 72.3 Å². The van der Waals surface area contributed by atoms with E-state index >= 15 is 0 Å². The maximum Gasteiger partial charge on any atom is 0.00385 e. The van der Waals surface area contributed by atoms with E-state index in [1.807, 2.05) is 0 Å². The highest BCUT2D eigenvalue weighted by Gasteiger charge is 2.27. The molecule has 0 unspecified atom stereocenters. The topological polar surface area (TPSA) is 9.72 Å². The van der Waals surface area contributed by atoms with Crippen molar-refractivity contribution in [1.82, 2.24) is 14.7 Å². The number of hydrogen-bond donors (Lipinski definition) is 0. The molecule has 152 valence electrons. The van der Waals surface area contributed by atoms with Crippen LogP contribution in [-0.4, -0.2) is 73.1 Å². The summed E-state index contributed by atoms with van der Waals surface area (Å²) in [7, 11) is 0. The van der Waals surface area contributed by atoms with Gasteiger partial charge in [0.05, 0.1) is 0 Å². The van der Waals surface area contributed by atoms with Crippen molar-refractivity contribution in [2.24, 2.45) is 23.7 Å². The minimum absolute atomic E-state index is 0.734. The zero-order valence-electron chi connectivity index (χ0n) is 18.1. The first kappa shape index (κ1) is 20.6. The number of hydrogen-bond acceptors (Lipinski definition) is 3. The summed E-state index contributed by atoms with van der Waals surface area (Å²) < 4.78 is 0. The van der Waals surface area contributed by atoms with Crippen LogP contribution >= 0.6 is 0 Å². The minimum atomic E-state index is 0.734. The Bertz CT molecular complexity index is 346. The molecule has 0 aliphatic carbocycles. The van der Waals surface area contributed by atoms with Crippen LogP contribution in [0.5, 0.6) is 0 Å². The first-order valence-corrected chi connectivity index (χ1v) is 11.7. The van der Waals surface area contributed by atoms with Gasteiger partial charge >= 0.3 is 0 Å². The highest BCUT2D eigenvalue weighted by atomic mass is 15.2. The molecule has 3 aliphatic heterocycles. The lowest BCUT2D eigenvalue weighted by molar-refractivity contribution is 0.0851. The monoisotopic (exact) mass is 363 g/mol. The zero-order chi connectivity index (χ0) is 18.5. The van der Waals surface area contributed by atoms with Crippen LogP contribution in [0.3, 0.4) is 0 Å². The molecule has 0 bridgehead atoms. The molecule has 3 heterocycles. The van der Waals surface area contributed by atoms with E-state index in [0.29, 0.717) is 0 Å². The van der Waals surface area contributed by atoms with Crippen molar-refractivity contribution in [3.63, 3.8) is 0 Å². The fourth-order valence-corrected chi connectivity index (χ4v) is 5.54. The van der Waals surface area contributed by atoms with Crippen molar-refractivity contribution in [1.29, 1.82) is 0 Å². The Morgan fingerprint density at radius 1 is 0.615 bits per heavy atom. The lowest BCUT2D eigenvalue weighted by Gasteiger charge is -2.40. The van der Waals surface area contributed by atoms with Gasteiger partial charge in [-0.2, -0.15) is 0 Å². The molecule has 3 rings (SSSR count). The minimum Gasteiger partial charge on any atom is -0.303 e. The maximum absolute atomic E-state index is 2.79. The molecular weight excluding hydrogens is 318 g/mol. The van der Waals surface area contributed by atoms with E-state index in [2.05, 4.69) is 42.4 Å². The molecule has 26 heavy (non-hydrogen) atoms. The third kappa shape index (κ3) is 5.94. The Morgan fingerprint density at radius 2 is 1.04 bits per heavy atom. The lowest BCUT2D eigenvalue weighted by Crippen LogP contribution is -2.45. The van der Waals surface area contributed by atoms with E-state index in [0.717, 1.165) is 29.7 Å². The maximum atomic E-state index is 2.79. The van der Waals surface area contributed by atoms with Gasteiger partial charge in [-0.05, 0) is 115 Å². The van der Waals surface area contributed by atoms with Crippen molar-refractivity contribution < 1.29 is 0 Å². The lowest BCUT2D eigenvalue weighted by atomic mass is 9.86. The van der Waals surface area contributed by atoms with E-state index in [4.69, 9.17) is 0 Å². The van der Waals surface area contributed by atoms with Gasteiger partial charge in [-0.3, -0.25) is 0 Å². The fraction of sp³-hybridized carbons (Fsp3) is 1.00. The van der Waals surface area contributed by atoms with Gasteiger partial charge in [0.15, 0.2) is 0 Å². The van der Waals surface area contributed by atoms with Crippen molar-refractivity contribution in [3.05, 3.63) is 0 Å². The molecule has 0 amide bonds. The number of nitrogens with zero attached hydrogens (tertiary/aromatic N) is 3. The average Bonchev–Trinajstić information content (AvgIpc) is 2.64. The second-order valence-electron chi connectivity index (χ2n) is 10.2. The van der Waals surface area contributed by atoms with Crippen LogP contribution in [0.4, 0.5) is 0 Å². The standard InChI is InChI=1S/C23H45N3/c1-19(2)23-9-13-25(14-10-23)17-21-5-11-24(12-6-21)18-22-7-15-26(16-8-22)20(3)4/h19-23H,5-18H2,1-4H3. The van der Waals surface area contributed by atoms with Gasteiger partial charge in [0, 0.05) is 19.1 Å². The predicted molar refractivity (Wildman–Crippen MR) is 113 cm³/mol. The van der Waals surface area contributed by atoms with Crippen LogP contribution in [0.1, 0.15) is 66.2 Å². The van der Waals surface area contributed by atoms with E-state index < -0.39 is 0 Å². The molecule has 3 aliphatic rings. The third-order valence-corrected chi connectivity index (χ3v) is 7.69. The fourth-order valence-electron chi connectivity index (χ4n) is 5.54. The van der Waals surface area contributed by atoms with Crippen molar-refractivity contribution >= 4 is 0 Å². The molecule has 0 aromatic rings. The van der Waals surface area contributed by atoms with Gasteiger partial charge < -0.3 is 14.7 Å². The SMILES string of the molecule is CC(C)C1CCN(CC2CCN(CC3CCN(C(C)C)CC3)CC2)CC1. The normalized spacial score (nSPS) is 27.0. The smallest absolute Gasteiger partial charge is 0.00385 e. The predicted octanol–water partition coefficient (Wildman–Crippen LogP) is 4.19. The summed E-state index contributed by atoms with van der Waals surface area (Å²) in [5.41, 5.74) is 0. The summed E-state index contributed by atoms with van der Waals surface area (Å²) in [6.07, 6.45) is 8.59. The van der Waals surface area contributed by atoms with E-state index in [1.54, 1.807) is 0 Å². The van der Waals surface area contributed by atoms with Gasteiger partial charge in [-0.25, -0.2) is 0 Å². The number of likely N-dealkylation sites (tertiary alicyclic amines) is 3. The van der Waals surface area contributed by atoms with Crippen molar-refractivity contribution in [2.75, 3.05) is 52.4 Å². The summed E-state index contributed by atoms with van der Waals surface area (Å²) in [6, 6.07) is 0.734. The van der Waals surface area contributed by atoms with Gasteiger partial charge in [0.1, 0.15) is 0 Å². The summed E-state index contributed by atoms with van der Waals surface area (Å²) in [5, 5.41) is 0. The van der Waals surface area contributed by atoms with Gasteiger partial charge in [0.2, 0.25) is 0 Å². The quantitative estimate of drug-likeness (QED) is 0.701. The molecule has 0 atom stereocenters. The van der Waals surface area contributed by atoms with Crippen LogP contribution in [0.15, 0.2) is 0 Å². The Labute approximate surface area is 163 Å². The van der Waals surface area contributed by atoms with E-state index in [9.17, 15) is 0 Å². The molecule has 0 aromatic carbocycles. The Morgan fingerprint density at radius 3 is 1.46 bits per heavy atom. The molecule has 3 fully saturated rings. The van der Waals surface area contributed by atoms with Gasteiger partial charge in [-0.15, -0.1) is 0 Å². The molecule has 3 nitrogen and oxygen atoms in total. The van der Waals surface area contributed by atoms with Crippen molar-refractivity contribution in [3.8, 4) is 0 Å². The van der Waals surface area contributed by atoms with Crippen LogP contribution in [-0.2, 0) is 0 Å². The van der Waals surface area contributed by atoms with Crippen LogP contribution < -0.4 is 0 Å². The molecule has 0 saturated carbocycles. The molecule has 3 heteroatoms. The summed E-state index contributed by atoms with van der Waals surface area (Å²) in [4.78, 5) is 8.23. The van der Waals surface area contributed by atoms with E-state index in [-0.39, 0.29) is 0 Å². The molecule has 0 spiro atoms. The van der Waals surface area contributed by atoms with Crippen LogP contribution in [0.2, 0.25) is 0 Å².